The highest BCUT2D eigenvalue weighted by Gasteiger charge is 2.13. The topological polar surface area (TPSA) is 33.1 Å². The third-order valence-corrected chi connectivity index (χ3v) is 3.42. The highest BCUT2D eigenvalue weighted by molar-refractivity contribution is 5.48. The molecule has 1 atom stereocenters. The summed E-state index contributed by atoms with van der Waals surface area (Å²) in [5, 5.41) is 8.04. The summed E-state index contributed by atoms with van der Waals surface area (Å²) in [5.41, 5.74) is 3.66. The van der Waals surface area contributed by atoms with Gasteiger partial charge >= 0.3 is 0 Å². The van der Waals surface area contributed by atoms with Gasteiger partial charge < -0.3 is 10.2 Å². The lowest BCUT2D eigenvalue weighted by Gasteiger charge is -2.20. The summed E-state index contributed by atoms with van der Waals surface area (Å²) in [6.45, 7) is 3.09. The molecule has 0 bridgehead atoms. The summed E-state index contributed by atoms with van der Waals surface area (Å²) in [4.78, 5) is 2.13. The number of nitrogens with zero attached hydrogens (tertiary/aromatic N) is 3. The van der Waals surface area contributed by atoms with Gasteiger partial charge in [-0.1, -0.05) is 19.1 Å². The van der Waals surface area contributed by atoms with Crippen molar-refractivity contribution >= 4 is 5.69 Å². The molecule has 1 aromatic carbocycles. The van der Waals surface area contributed by atoms with Gasteiger partial charge in [0.15, 0.2) is 0 Å². The highest BCUT2D eigenvalue weighted by atomic mass is 15.2. The lowest BCUT2D eigenvalue weighted by molar-refractivity contribution is 0.540. The molecule has 0 aliphatic carbocycles. The number of anilines is 1. The second-order valence-electron chi connectivity index (χ2n) is 5.28. The van der Waals surface area contributed by atoms with Crippen molar-refractivity contribution in [2.24, 2.45) is 7.05 Å². The Balaban J connectivity index is 2.21. The molecule has 1 unspecified atom stereocenters. The second kappa shape index (κ2) is 6.57. The van der Waals surface area contributed by atoms with Crippen LogP contribution in [0.4, 0.5) is 5.69 Å². The Bertz CT molecular complexity index is 545. The summed E-state index contributed by atoms with van der Waals surface area (Å²) in [6, 6.07) is 11.1. The third-order valence-electron chi connectivity index (χ3n) is 3.42. The number of likely N-dealkylation sites (N-methyl/N-ethyl adjacent to an activating group) is 1. The Morgan fingerprint density at radius 3 is 2.70 bits per heavy atom. The van der Waals surface area contributed by atoms with Crippen LogP contribution in [0, 0.1) is 0 Å². The molecule has 0 radical (unpaired) electrons. The van der Waals surface area contributed by atoms with E-state index in [4.69, 9.17) is 0 Å². The molecule has 1 heterocycles. The summed E-state index contributed by atoms with van der Waals surface area (Å²) >= 11 is 0. The zero-order valence-corrected chi connectivity index (χ0v) is 12.8. The molecule has 4 nitrogen and oxygen atoms in total. The SMILES string of the molecule is CCNC(Cc1ccn(C)n1)c1cccc(N(C)C)c1. The molecule has 108 valence electrons. The van der Waals surface area contributed by atoms with E-state index >= 15 is 0 Å². The molecule has 2 rings (SSSR count). The number of hydrogen-bond donors (Lipinski definition) is 1. The molecule has 0 amide bonds. The molecular weight excluding hydrogens is 248 g/mol. The summed E-state index contributed by atoms with van der Waals surface area (Å²) in [7, 11) is 6.10. The van der Waals surface area contributed by atoms with Crippen molar-refractivity contribution < 1.29 is 0 Å². The van der Waals surface area contributed by atoms with Crippen molar-refractivity contribution in [1.82, 2.24) is 15.1 Å². The van der Waals surface area contributed by atoms with Crippen LogP contribution in [0.3, 0.4) is 0 Å². The van der Waals surface area contributed by atoms with Gasteiger partial charge in [-0.2, -0.15) is 5.10 Å². The van der Waals surface area contributed by atoms with Gasteiger partial charge in [-0.05, 0) is 30.3 Å². The Hall–Kier alpha value is -1.81. The van der Waals surface area contributed by atoms with Gasteiger partial charge in [0.25, 0.3) is 0 Å². The molecule has 0 saturated carbocycles. The zero-order valence-electron chi connectivity index (χ0n) is 12.8. The fraction of sp³-hybridized carbons (Fsp3) is 0.438. The van der Waals surface area contributed by atoms with Crippen LogP contribution in [0.5, 0.6) is 0 Å². The normalized spacial score (nSPS) is 12.4. The van der Waals surface area contributed by atoms with Crippen LogP contribution in [-0.2, 0) is 13.5 Å². The van der Waals surface area contributed by atoms with E-state index in [1.807, 2.05) is 17.9 Å². The van der Waals surface area contributed by atoms with Crippen molar-refractivity contribution in [2.75, 3.05) is 25.5 Å². The Morgan fingerprint density at radius 2 is 2.10 bits per heavy atom. The number of aryl methyl sites for hydroxylation is 1. The fourth-order valence-electron chi connectivity index (χ4n) is 2.36. The molecule has 0 aliphatic rings. The molecule has 4 heteroatoms. The first kappa shape index (κ1) is 14.6. The Kier molecular flexibility index (Phi) is 4.79. The molecule has 1 aromatic heterocycles. The van der Waals surface area contributed by atoms with Gasteiger partial charge in [-0.15, -0.1) is 0 Å². The molecule has 2 aromatic rings. The monoisotopic (exact) mass is 272 g/mol. The number of rotatable bonds is 6. The van der Waals surface area contributed by atoms with E-state index in [9.17, 15) is 0 Å². The van der Waals surface area contributed by atoms with E-state index < -0.39 is 0 Å². The van der Waals surface area contributed by atoms with E-state index in [0.717, 1.165) is 18.7 Å². The summed E-state index contributed by atoms with van der Waals surface area (Å²) in [6.07, 6.45) is 2.90. The van der Waals surface area contributed by atoms with Gasteiger partial charge in [0, 0.05) is 45.5 Å². The predicted molar refractivity (Wildman–Crippen MR) is 84.1 cm³/mol. The molecule has 20 heavy (non-hydrogen) atoms. The predicted octanol–water partition coefficient (Wildman–Crippen LogP) is 2.38. The van der Waals surface area contributed by atoms with E-state index in [1.165, 1.54) is 11.3 Å². The van der Waals surface area contributed by atoms with Crippen LogP contribution in [0.2, 0.25) is 0 Å². The van der Waals surface area contributed by atoms with Gasteiger partial charge in [-0.25, -0.2) is 0 Å². The number of nitrogens with one attached hydrogen (secondary N) is 1. The minimum atomic E-state index is 0.301. The highest BCUT2D eigenvalue weighted by Crippen LogP contribution is 2.22. The average Bonchev–Trinajstić information content (AvgIpc) is 2.84. The van der Waals surface area contributed by atoms with Crippen LogP contribution in [0.15, 0.2) is 36.5 Å². The smallest absolute Gasteiger partial charge is 0.0643 e. The maximum atomic E-state index is 4.48. The first-order chi connectivity index (χ1) is 9.60. The van der Waals surface area contributed by atoms with Crippen LogP contribution in [0.25, 0.3) is 0 Å². The summed E-state index contributed by atoms with van der Waals surface area (Å²) < 4.78 is 1.86. The maximum Gasteiger partial charge on any atom is 0.0643 e. The third kappa shape index (κ3) is 3.61. The Labute approximate surface area is 121 Å². The van der Waals surface area contributed by atoms with Crippen LogP contribution in [-0.4, -0.2) is 30.4 Å². The van der Waals surface area contributed by atoms with Gasteiger partial charge in [-0.3, -0.25) is 4.68 Å². The van der Waals surface area contributed by atoms with Crippen LogP contribution >= 0.6 is 0 Å². The van der Waals surface area contributed by atoms with E-state index in [0.29, 0.717) is 6.04 Å². The lowest BCUT2D eigenvalue weighted by atomic mass is 10.0. The maximum absolute atomic E-state index is 4.48. The van der Waals surface area contributed by atoms with Crippen molar-refractivity contribution in [3.63, 3.8) is 0 Å². The molecule has 0 fully saturated rings. The minimum Gasteiger partial charge on any atom is -0.378 e. The van der Waals surface area contributed by atoms with E-state index in [-0.39, 0.29) is 0 Å². The second-order valence-corrected chi connectivity index (χ2v) is 5.28. The molecule has 1 N–H and O–H groups in total. The van der Waals surface area contributed by atoms with Gasteiger partial charge in [0.05, 0.1) is 5.69 Å². The van der Waals surface area contributed by atoms with Crippen LogP contribution in [0.1, 0.15) is 24.2 Å². The standard InChI is InChI=1S/C16H24N4/c1-5-17-16(12-14-9-10-20(4)18-14)13-7-6-8-15(11-13)19(2)3/h6-11,16-17H,5,12H2,1-4H3. The molecular formula is C16H24N4. The van der Waals surface area contributed by atoms with Gasteiger partial charge in [0.2, 0.25) is 0 Å². The van der Waals surface area contributed by atoms with Crippen molar-refractivity contribution in [2.45, 2.75) is 19.4 Å². The zero-order chi connectivity index (χ0) is 14.5. The number of aromatic nitrogens is 2. The van der Waals surface area contributed by atoms with E-state index in [2.05, 4.69) is 66.7 Å². The first-order valence-corrected chi connectivity index (χ1v) is 7.09. The number of hydrogen-bond acceptors (Lipinski definition) is 3. The molecule has 0 aliphatic heterocycles. The lowest BCUT2D eigenvalue weighted by Crippen LogP contribution is -2.23. The minimum absolute atomic E-state index is 0.301. The first-order valence-electron chi connectivity index (χ1n) is 7.09. The average molecular weight is 272 g/mol. The largest absolute Gasteiger partial charge is 0.378 e. The van der Waals surface area contributed by atoms with Gasteiger partial charge in [0.1, 0.15) is 0 Å². The quantitative estimate of drug-likeness (QED) is 0.876. The van der Waals surface area contributed by atoms with Crippen molar-refractivity contribution in [1.29, 1.82) is 0 Å². The molecule has 0 spiro atoms. The Morgan fingerprint density at radius 1 is 1.30 bits per heavy atom. The van der Waals surface area contributed by atoms with Crippen molar-refractivity contribution in [3.8, 4) is 0 Å². The summed E-state index contributed by atoms with van der Waals surface area (Å²) in [5.74, 6) is 0. The van der Waals surface area contributed by atoms with Crippen LogP contribution < -0.4 is 10.2 Å². The fourth-order valence-corrected chi connectivity index (χ4v) is 2.36. The van der Waals surface area contributed by atoms with Crippen molar-refractivity contribution in [3.05, 3.63) is 47.8 Å². The molecule has 0 saturated heterocycles. The van der Waals surface area contributed by atoms with E-state index in [1.54, 1.807) is 0 Å². The number of benzene rings is 1.